The fraction of sp³-hybridized carbons (Fsp3) is 1.00. The van der Waals surface area contributed by atoms with Gasteiger partial charge in [0.25, 0.3) is 0 Å². The second-order valence-electron chi connectivity index (χ2n) is 4.71. The van der Waals surface area contributed by atoms with Crippen LogP contribution in [0.2, 0.25) is 13.1 Å². The zero-order valence-electron chi connectivity index (χ0n) is 11.9. The van der Waals surface area contributed by atoms with Crippen LogP contribution >= 0.6 is 0 Å². The van der Waals surface area contributed by atoms with Gasteiger partial charge in [0.1, 0.15) is 12.2 Å². The minimum absolute atomic E-state index is 0.392. The maximum Gasteiger partial charge on any atom is 0.331 e. The van der Waals surface area contributed by atoms with Crippen molar-refractivity contribution >= 4 is 8.56 Å². The molecule has 2 saturated heterocycles. The number of rotatable bonds is 8. The molecule has 108 valence electrons. The molecular weight excluding hydrogens is 252 g/mol. The average Bonchev–Trinajstić information content (AvgIpc) is 3.13. The summed E-state index contributed by atoms with van der Waals surface area (Å²) >= 11 is 0. The van der Waals surface area contributed by atoms with Gasteiger partial charge in [-0.15, -0.1) is 0 Å². The smallest absolute Gasteiger partial charge is 0.331 e. The first-order chi connectivity index (χ1) is 8.57. The van der Waals surface area contributed by atoms with Crippen LogP contribution in [0.15, 0.2) is 0 Å². The van der Waals surface area contributed by atoms with Gasteiger partial charge in [-0.2, -0.15) is 0 Å². The normalized spacial score (nSPS) is 25.3. The van der Waals surface area contributed by atoms with E-state index in [0.717, 1.165) is 39.6 Å². The van der Waals surface area contributed by atoms with Crippen LogP contribution in [-0.2, 0) is 23.1 Å². The molecule has 6 heteroatoms. The van der Waals surface area contributed by atoms with Gasteiger partial charge >= 0.3 is 8.56 Å². The van der Waals surface area contributed by atoms with Gasteiger partial charge in [-0.1, -0.05) is 0 Å². The van der Waals surface area contributed by atoms with Gasteiger partial charge in [-0.05, 0) is 26.9 Å². The number of hydrogen-bond acceptors (Lipinski definition) is 5. The summed E-state index contributed by atoms with van der Waals surface area (Å²) in [6.07, 6.45) is 0.785. The molecule has 5 nitrogen and oxygen atoms in total. The van der Waals surface area contributed by atoms with Crippen LogP contribution in [0.25, 0.3) is 0 Å². The zero-order chi connectivity index (χ0) is 13.4. The van der Waals surface area contributed by atoms with Crippen LogP contribution < -0.4 is 0 Å². The number of hydrogen-bond donors (Lipinski definition) is 0. The number of epoxide rings is 2. The Morgan fingerprint density at radius 3 is 1.61 bits per heavy atom. The van der Waals surface area contributed by atoms with E-state index in [0.29, 0.717) is 12.2 Å². The van der Waals surface area contributed by atoms with E-state index in [9.17, 15) is 0 Å². The molecule has 0 N–H and O–H groups in total. The fourth-order valence-corrected chi connectivity index (χ4v) is 2.87. The lowest BCUT2D eigenvalue weighted by molar-refractivity contribution is 0.102. The molecule has 0 aromatic rings. The van der Waals surface area contributed by atoms with E-state index in [1.807, 2.05) is 13.8 Å². The van der Waals surface area contributed by atoms with Crippen LogP contribution in [0.1, 0.15) is 13.8 Å². The first kappa shape index (κ1) is 16.1. The van der Waals surface area contributed by atoms with Crippen molar-refractivity contribution in [3.8, 4) is 0 Å². The highest BCUT2D eigenvalue weighted by Crippen LogP contribution is 2.12. The lowest BCUT2D eigenvalue weighted by Gasteiger charge is -2.20. The molecule has 2 rings (SSSR count). The van der Waals surface area contributed by atoms with Gasteiger partial charge in [0, 0.05) is 13.2 Å². The van der Waals surface area contributed by atoms with Crippen molar-refractivity contribution in [2.75, 3.05) is 39.6 Å². The summed E-state index contributed by atoms with van der Waals surface area (Å²) < 4.78 is 25.9. The molecule has 2 atom stereocenters. The van der Waals surface area contributed by atoms with E-state index in [4.69, 9.17) is 23.1 Å². The molecule has 18 heavy (non-hydrogen) atoms. The summed E-state index contributed by atoms with van der Waals surface area (Å²) in [5, 5.41) is 0. The SMILES string of the molecule is C(OCC1CO1)C1CO1.CCO[Si](C)(C)OCC. The predicted molar refractivity (Wildman–Crippen MR) is 71.0 cm³/mol. The van der Waals surface area contributed by atoms with E-state index in [-0.39, 0.29) is 0 Å². The number of ether oxygens (including phenoxy) is 3. The predicted octanol–water partition coefficient (Wildman–Crippen LogP) is 1.56. The van der Waals surface area contributed by atoms with E-state index in [1.54, 1.807) is 0 Å². The van der Waals surface area contributed by atoms with Crippen molar-refractivity contribution in [1.82, 2.24) is 0 Å². The van der Waals surface area contributed by atoms with Crippen molar-refractivity contribution in [3.05, 3.63) is 0 Å². The van der Waals surface area contributed by atoms with Crippen molar-refractivity contribution < 1.29 is 23.1 Å². The molecule has 0 spiro atoms. The van der Waals surface area contributed by atoms with Crippen LogP contribution in [0.5, 0.6) is 0 Å². The van der Waals surface area contributed by atoms with Crippen molar-refractivity contribution in [3.63, 3.8) is 0 Å². The molecule has 0 saturated carbocycles. The third kappa shape index (κ3) is 9.01. The molecule has 2 fully saturated rings. The van der Waals surface area contributed by atoms with Gasteiger partial charge in [-0.25, -0.2) is 0 Å². The first-order valence-electron chi connectivity index (χ1n) is 6.66. The summed E-state index contributed by atoms with van der Waals surface area (Å²) in [4.78, 5) is 0. The Morgan fingerprint density at radius 2 is 1.33 bits per heavy atom. The highest BCUT2D eigenvalue weighted by molar-refractivity contribution is 6.64. The molecule has 0 amide bonds. The molecule has 0 aromatic heterocycles. The second kappa shape index (κ2) is 8.24. The maximum absolute atomic E-state index is 5.39. The van der Waals surface area contributed by atoms with Crippen molar-refractivity contribution in [2.24, 2.45) is 0 Å². The van der Waals surface area contributed by atoms with E-state index < -0.39 is 8.56 Å². The highest BCUT2D eigenvalue weighted by atomic mass is 28.4. The quantitative estimate of drug-likeness (QED) is 0.498. The van der Waals surface area contributed by atoms with Crippen LogP contribution in [0.4, 0.5) is 0 Å². The van der Waals surface area contributed by atoms with Crippen molar-refractivity contribution in [1.29, 1.82) is 0 Å². The molecule has 0 bridgehead atoms. The molecule has 2 heterocycles. The van der Waals surface area contributed by atoms with Crippen LogP contribution in [0.3, 0.4) is 0 Å². The van der Waals surface area contributed by atoms with Gasteiger partial charge in [-0.3, -0.25) is 0 Å². The molecule has 2 unspecified atom stereocenters. The van der Waals surface area contributed by atoms with Gasteiger partial charge in [0.2, 0.25) is 0 Å². The van der Waals surface area contributed by atoms with Gasteiger partial charge in [0.15, 0.2) is 0 Å². The average molecular weight is 278 g/mol. The lowest BCUT2D eigenvalue weighted by atomic mass is 10.5. The third-order valence-electron chi connectivity index (χ3n) is 2.40. The molecule has 0 aromatic carbocycles. The Morgan fingerprint density at radius 1 is 0.944 bits per heavy atom. The molecule has 2 aliphatic heterocycles. The fourth-order valence-electron chi connectivity index (χ4n) is 1.40. The summed E-state index contributed by atoms with van der Waals surface area (Å²) in [5.74, 6) is 0. The molecular formula is C12H26O5Si. The maximum atomic E-state index is 5.39. The van der Waals surface area contributed by atoms with Gasteiger partial charge < -0.3 is 23.1 Å². The summed E-state index contributed by atoms with van der Waals surface area (Å²) in [5.41, 5.74) is 0. The topological polar surface area (TPSA) is 52.8 Å². The first-order valence-corrected chi connectivity index (χ1v) is 9.48. The molecule has 2 aliphatic rings. The standard InChI is InChI=1S/C6H10O3.C6H16O2Si/c1(5-3-8-5)7-2-6-4-9-6;1-5-7-9(3,4)8-6-2/h5-6H,1-4H2;5-6H2,1-4H3. The lowest BCUT2D eigenvalue weighted by Crippen LogP contribution is -2.34. The highest BCUT2D eigenvalue weighted by Gasteiger charge is 2.26. The Labute approximate surface area is 111 Å². The Bertz CT molecular complexity index is 197. The van der Waals surface area contributed by atoms with E-state index >= 15 is 0 Å². The minimum Gasteiger partial charge on any atom is -0.395 e. The monoisotopic (exact) mass is 278 g/mol. The van der Waals surface area contributed by atoms with Crippen LogP contribution in [0, 0.1) is 0 Å². The van der Waals surface area contributed by atoms with Crippen LogP contribution in [-0.4, -0.2) is 60.4 Å². The van der Waals surface area contributed by atoms with Gasteiger partial charge in [0.05, 0.1) is 26.4 Å². The van der Waals surface area contributed by atoms with Crippen molar-refractivity contribution in [2.45, 2.75) is 39.1 Å². The Balaban J connectivity index is 0.000000180. The third-order valence-corrected chi connectivity index (χ3v) is 4.36. The molecule has 0 aliphatic carbocycles. The zero-order valence-corrected chi connectivity index (χ0v) is 12.9. The Hall–Kier alpha value is 0.0169. The minimum atomic E-state index is -1.70. The summed E-state index contributed by atoms with van der Waals surface area (Å²) in [7, 11) is -1.70. The van der Waals surface area contributed by atoms with E-state index in [1.165, 1.54) is 0 Å². The largest absolute Gasteiger partial charge is 0.395 e. The Kier molecular flexibility index (Phi) is 7.36. The van der Waals surface area contributed by atoms with E-state index in [2.05, 4.69) is 13.1 Å². The summed E-state index contributed by atoms with van der Waals surface area (Å²) in [6, 6.07) is 0. The molecule has 0 radical (unpaired) electrons. The second-order valence-corrected chi connectivity index (χ2v) is 8.09. The summed E-state index contributed by atoms with van der Waals surface area (Å²) in [6.45, 7) is 12.9.